The molecule has 2 aliphatic rings. The van der Waals surface area contributed by atoms with Gasteiger partial charge in [0.15, 0.2) is 0 Å². The quantitative estimate of drug-likeness (QED) is 0.514. The molecule has 0 nitrogen and oxygen atoms in total. The van der Waals surface area contributed by atoms with Gasteiger partial charge in [-0.1, -0.05) is 66.1 Å². The topological polar surface area (TPSA) is 0 Å². The van der Waals surface area contributed by atoms with Gasteiger partial charge in [-0.2, -0.15) is 0 Å². The number of hydrogen-bond donors (Lipinski definition) is 0. The molecule has 0 saturated heterocycles. The fourth-order valence-electron chi connectivity index (χ4n) is 4.41. The molecule has 0 radical (unpaired) electrons. The summed E-state index contributed by atoms with van der Waals surface area (Å²) < 4.78 is 0. The Bertz CT molecular complexity index is 697. The van der Waals surface area contributed by atoms with E-state index in [9.17, 15) is 0 Å². The summed E-state index contributed by atoms with van der Waals surface area (Å²) in [5, 5.41) is 0. The van der Waals surface area contributed by atoms with Crippen molar-refractivity contribution < 1.29 is 0 Å². The largest absolute Gasteiger partial charge is 0.0885 e. The monoisotopic (exact) mass is 288 g/mol. The van der Waals surface area contributed by atoms with Gasteiger partial charge in [0.05, 0.1) is 0 Å². The molecular formula is C22H24. The second kappa shape index (κ2) is 5.12. The Morgan fingerprint density at radius 1 is 0.773 bits per heavy atom. The van der Waals surface area contributed by atoms with E-state index in [2.05, 4.69) is 62.4 Å². The van der Waals surface area contributed by atoms with Crippen molar-refractivity contribution in [2.24, 2.45) is 0 Å². The molecule has 4 rings (SSSR count). The number of fused-ring (bicyclic) bond motifs is 5. The highest BCUT2D eigenvalue weighted by atomic mass is 14.4. The van der Waals surface area contributed by atoms with Gasteiger partial charge in [0.1, 0.15) is 0 Å². The van der Waals surface area contributed by atoms with Gasteiger partial charge in [-0.25, -0.2) is 0 Å². The number of hydrogen-bond acceptors (Lipinski definition) is 0. The lowest BCUT2D eigenvalue weighted by Gasteiger charge is -2.32. The second-order valence-electron chi connectivity index (χ2n) is 7.10. The molecule has 2 aromatic rings. The zero-order chi connectivity index (χ0) is 15.2. The van der Waals surface area contributed by atoms with Crippen LogP contribution in [0.5, 0.6) is 0 Å². The molecule has 0 atom stereocenters. The Morgan fingerprint density at radius 2 is 1.41 bits per heavy atom. The number of allylic oxidation sites excluding steroid dienone is 2. The summed E-state index contributed by atoms with van der Waals surface area (Å²) in [5.74, 6) is 0. The van der Waals surface area contributed by atoms with Gasteiger partial charge >= 0.3 is 0 Å². The Labute approximate surface area is 133 Å². The molecule has 0 heterocycles. The first kappa shape index (κ1) is 13.8. The Balaban J connectivity index is 2.00. The molecule has 0 heteroatoms. The lowest BCUT2D eigenvalue weighted by atomic mass is 9.70. The van der Waals surface area contributed by atoms with E-state index in [1.54, 1.807) is 11.1 Å². The molecule has 0 unspecified atom stereocenters. The maximum Gasteiger partial charge on any atom is 0.0249 e. The van der Waals surface area contributed by atoms with Crippen LogP contribution in [0.15, 0.2) is 48.6 Å². The minimum absolute atomic E-state index is 0.208. The van der Waals surface area contributed by atoms with Crippen molar-refractivity contribution in [2.45, 2.75) is 51.4 Å². The predicted molar refractivity (Wildman–Crippen MR) is 94.4 cm³/mol. The molecule has 2 aliphatic carbocycles. The highest BCUT2D eigenvalue weighted by molar-refractivity contribution is 5.81. The molecule has 0 fully saturated rings. The van der Waals surface area contributed by atoms with Crippen molar-refractivity contribution in [3.8, 4) is 11.1 Å². The summed E-state index contributed by atoms with van der Waals surface area (Å²) in [6.07, 6.45) is 11.2. The minimum atomic E-state index is 0.208. The SMILES string of the molecule is Cc1ccc2c(c1)C1(C/C=C\CCCC1)c1cc(C)ccc1-2. The van der Waals surface area contributed by atoms with E-state index in [1.165, 1.54) is 47.9 Å². The highest BCUT2D eigenvalue weighted by Gasteiger charge is 2.42. The van der Waals surface area contributed by atoms with Gasteiger partial charge < -0.3 is 0 Å². The molecule has 0 saturated carbocycles. The van der Waals surface area contributed by atoms with Crippen LogP contribution in [0.4, 0.5) is 0 Å². The molecule has 0 N–H and O–H groups in total. The van der Waals surface area contributed by atoms with Gasteiger partial charge in [0.2, 0.25) is 0 Å². The van der Waals surface area contributed by atoms with Crippen LogP contribution in [-0.2, 0) is 5.41 Å². The maximum atomic E-state index is 2.44. The fraction of sp³-hybridized carbons (Fsp3) is 0.364. The smallest absolute Gasteiger partial charge is 0.0249 e. The van der Waals surface area contributed by atoms with Gasteiger partial charge in [-0.15, -0.1) is 0 Å². The Morgan fingerprint density at radius 3 is 2.05 bits per heavy atom. The summed E-state index contributed by atoms with van der Waals surface area (Å²) in [7, 11) is 0. The van der Waals surface area contributed by atoms with Crippen molar-refractivity contribution in [3.63, 3.8) is 0 Å². The van der Waals surface area contributed by atoms with E-state index in [4.69, 9.17) is 0 Å². The first-order valence-corrected chi connectivity index (χ1v) is 8.58. The van der Waals surface area contributed by atoms with Crippen LogP contribution in [0.3, 0.4) is 0 Å². The van der Waals surface area contributed by atoms with E-state index in [1.807, 2.05) is 0 Å². The molecule has 1 spiro atoms. The summed E-state index contributed by atoms with van der Waals surface area (Å²) in [6, 6.07) is 14.1. The third-order valence-corrected chi connectivity index (χ3v) is 5.53. The second-order valence-corrected chi connectivity index (χ2v) is 7.10. The Hall–Kier alpha value is -1.82. The van der Waals surface area contributed by atoms with Crippen molar-refractivity contribution in [1.82, 2.24) is 0 Å². The van der Waals surface area contributed by atoms with Crippen LogP contribution in [-0.4, -0.2) is 0 Å². The zero-order valence-electron chi connectivity index (χ0n) is 13.7. The molecule has 22 heavy (non-hydrogen) atoms. The van der Waals surface area contributed by atoms with Gasteiger partial charge in [0.25, 0.3) is 0 Å². The Kier molecular flexibility index (Phi) is 3.22. The van der Waals surface area contributed by atoms with Crippen molar-refractivity contribution in [1.29, 1.82) is 0 Å². The first-order valence-electron chi connectivity index (χ1n) is 8.58. The predicted octanol–water partition coefficient (Wildman–Crippen LogP) is 6.09. The average Bonchev–Trinajstić information content (AvgIpc) is 2.73. The van der Waals surface area contributed by atoms with E-state index < -0.39 is 0 Å². The molecule has 0 aromatic heterocycles. The van der Waals surface area contributed by atoms with E-state index in [-0.39, 0.29) is 5.41 Å². The van der Waals surface area contributed by atoms with Crippen LogP contribution in [0.1, 0.15) is 54.4 Å². The van der Waals surface area contributed by atoms with Crippen molar-refractivity contribution >= 4 is 0 Å². The lowest BCUT2D eigenvalue weighted by molar-refractivity contribution is 0.453. The third kappa shape index (κ3) is 1.97. The zero-order valence-corrected chi connectivity index (χ0v) is 13.7. The first-order chi connectivity index (χ1) is 10.7. The fourth-order valence-corrected chi connectivity index (χ4v) is 4.41. The summed E-state index contributed by atoms with van der Waals surface area (Å²) in [4.78, 5) is 0. The third-order valence-electron chi connectivity index (χ3n) is 5.53. The lowest BCUT2D eigenvalue weighted by Crippen LogP contribution is -2.25. The molecule has 112 valence electrons. The maximum absolute atomic E-state index is 2.44. The van der Waals surface area contributed by atoms with Gasteiger partial charge in [-0.3, -0.25) is 0 Å². The minimum Gasteiger partial charge on any atom is -0.0885 e. The molecule has 0 bridgehead atoms. The van der Waals surface area contributed by atoms with E-state index in [0.29, 0.717) is 0 Å². The molecule has 0 aliphatic heterocycles. The van der Waals surface area contributed by atoms with E-state index in [0.717, 1.165) is 6.42 Å². The van der Waals surface area contributed by atoms with Crippen LogP contribution >= 0.6 is 0 Å². The van der Waals surface area contributed by atoms with Gasteiger partial charge in [0, 0.05) is 5.41 Å². The normalized spacial score (nSPS) is 20.1. The molecule has 0 amide bonds. The summed E-state index contributed by atoms with van der Waals surface area (Å²) in [6.45, 7) is 4.45. The number of aryl methyl sites for hydroxylation is 2. The standard InChI is InChI=1S/C22H24/c1-16-8-10-18-19-11-9-17(2)15-21(19)22(20(18)14-16)12-6-4-3-5-7-13-22/h4,6,8-11,14-15H,3,5,7,12-13H2,1-2H3/b6-4-. The highest BCUT2D eigenvalue weighted by Crippen LogP contribution is 2.54. The average molecular weight is 288 g/mol. The van der Waals surface area contributed by atoms with Crippen LogP contribution in [0.2, 0.25) is 0 Å². The van der Waals surface area contributed by atoms with Crippen LogP contribution in [0, 0.1) is 13.8 Å². The van der Waals surface area contributed by atoms with Crippen LogP contribution < -0.4 is 0 Å². The van der Waals surface area contributed by atoms with Crippen LogP contribution in [0.25, 0.3) is 11.1 Å². The molecule has 2 aromatic carbocycles. The van der Waals surface area contributed by atoms with Gasteiger partial charge in [-0.05, 0) is 61.8 Å². The number of benzene rings is 2. The van der Waals surface area contributed by atoms with Crippen molar-refractivity contribution in [3.05, 3.63) is 70.8 Å². The van der Waals surface area contributed by atoms with E-state index >= 15 is 0 Å². The summed E-state index contributed by atoms with van der Waals surface area (Å²) >= 11 is 0. The summed E-state index contributed by atoms with van der Waals surface area (Å²) in [5.41, 5.74) is 9.05. The number of rotatable bonds is 0. The van der Waals surface area contributed by atoms with Crippen molar-refractivity contribution in [2.75, 3.05) is 0 Å². The molecular weight excluding hydrogens is 264 g/mol.